The van der Waals surface area contributed by atoms with Crippen LogP contribution in [0.25, 0.3) is 10.9 Å². The molecule has 0 amide bonds. The van der Waals surface area contributed by atoms with Crippen molar-refractivity contribution in [2.24, 2.45) is 0 Å². The molecule has 6 heteroatoms. The van der Waals surface area contributed by atoms with E-state index in [1.807, 2.05) is 23.1 Å². The SMILES string of the molecule is CCn1cc(O[C@@H]2COC[C@@H]2NCc2cccc3cccnc23)cn1. The van der Waals surface area contributed by atoms with Gasteiger partial charge in [0, 0.05) is 24.7 Å². The Morgan fingerprint density at radius 2 is 2.20 bits per heavy atom. The fourth-order valence-corrected chi connectivity index (χ4v) is 3.15. The predicted molar refractivity (Wildman–Crippen MR) is 95.5 cm³/mol. The minimum atomic E-state index is -0.0163. The number of para-hydroxylation sites is 1. The maximum atomic E-state index is 6.06. The van der Waals surface area contributed by atoms with E-state index in [1.54, 1.807) is 6.20 Å². The molecule has 0 unspecified atom stereocenters. The summed E-state index contributed by atoms with van der Waals surface area (Å²) >= 11 is 0. The zero-order valence-electron chi connectivity index (χ0n) is 14.3. The van der Waals surface area contributed by atoms with Gasteiger partial charge in [-0.15, -0.1) is 0 Å². The summed E-state index contributed by atoms with van der Waals surface area (Å²) in [5.41, 5.74) is 2.22. The number of pyridine rings is 1. The second-order valence-electron chi connectivity index (χ2n) is 6.21. The van der Waals surface area contributed by atoms with E-state index in [0.717, 1.165) is 29.7 Å². The van der Waals surface area contributed by atoms with E-state index >= 15 is 0 Å². The molecule has 1 aliphatic heterocycles. The van der Waals surface area contributed by atoms with Crippen molar-refractivity contribution < 1.29 is 9.47 Å². The van der Waals surface area contributed by atoms with Crippen LogP contribution >= 0.6 is 0 Å². The topological polar surface area (TPSA) is 61.2 Å². The summed E-state index contributed by atoms with van der Waals surface area (Å²) in [6.07, 6.45) is 5.50. The minimum Gasteiger partial charge on any atom is -0.483 e. The van der Waals surface area contributed by atoms with Crippen molar-refractivity contribution in [3.8, 4) is 5.75 Å². The standard InChI is InChI=1S/C19H22N4O2/c1-2-23-11-16(10-22-23)25-18-13-24-12-17(18)21-9-15-6-3-5-14-7-4-8-20-19(14)15/h3-8,10-11,17-18,21H,2,9,12-13H2,1H3/t17-,18+/m0/s1. The molecule has 4 rings (SSSR count). The normalized spacial score (nSPS) is 20.2. The molecule has 2 aromatic heterocycles. The number of fused-ring (bicyclic) bond motifs is 1. The van der Waals surface area contributed by atoms with Gasteiger partial charge >= 0.3 is 0 Å². The number of nitrogens with zero attached hydrogens (tertiary/aromatic N) is 3. The summed E-state index contributed by atoms with van der Waals surface area (Å²) in [5, 5.41) is 8.97. The van der Waals surface area contributed by atoms with Crippen LogP contribution in [0.2, 0.25) is 0 Å². The largest absolute Gasteiger partial charge is 0.483 e. The average Bonchev–Trinajstić information content (AvgIpc) is 3.29. The second-order valence-corrected chi connectivity index (χ2v) is 6.21. The van der Waals surface area contributed by atoms with Gasteiger partial charge in [0.1, 0.15) is 6.10 Å². The summed E-state index contributed by atoms with van der Waals surface area (Å²) < 4.78 is 13.5. The lowest BCUT2D eigenvalue weighted by Gasteiger charge is -2.20. The van der Waals surface area contributed by atoms with Gasteiger partial charge in [0.2, 0.25) is 0 Å². The third kappa shape index (κ3) is 3.50. The first-order valence-electron chi connectivity index (χ1n) is 8.66. The quantitative estimate of drug-likeness (QED) is 0.748. The molecule has 2 atom stereocenters. The maximum Gasteiger partial charge on any atom is 0.157 e. The number of benzene rings is 1. The smallest absolute Gasteiger partial charge is 0.157 e. The van der Waals surface area contributed by atoms with Crippen LogP contribution in [0.5, 0.6) is 5.75 Å². The monoisotopic (exact) mass is 338 g/mol. The van der Waals surface area contributed by atoms with E-state index in [4.69, 9.17) is 9.47 Å². The van der Waals surface area contributed by atoms with Crippen LogP contribution in [-0.2, 0) is 17.8 Å². The highest BCUT2D eigenvalue weighted by Gasteiger charge is 2.30. The molecular weight excluding hydrogens is 316 g/mol. The Balaban J connectivity index is 1.42. The lowest BCUT2D eigenvalue weighted by atomic mass is 10.1. The molecule has 0 radical (unpaired) electrons. The third-order valence-electron chi connectivity index (χ3n) is 4.52. The lowest BCUT2D eigenvalue weighted by molar-refractivity contribution is 0.139. The van der Waals surface area contributed by atoms with Gasteiger partial charge < -0.3 is 14.8 Å². The fourth-order valence-electron chi connectivity index (χ4n) is 3.15. The third-order valence-corrected chi connectivity index (χ3v) is 4.52. The summed E-state index contributed by atoms with van der Waals surface area (Å²) in [6.45, 7) is 4.85. The number of aryl methyl sites for hydroxylation is 1. The van der Waals surface area contributed by atoms with Crippen molar-refractivity contribution in [3.63, 3.8) is 0 Å². The predicted octanol–water partition coefficient (Wildman–Crippen LogP) is 2.39. The molecule has 1 saturated heterocycles. The van der Waals surface area contributed by atoms with E-state index in [9.17, 15) is 0 Å². The number of ether oxygens (including phenoxy) is 2. The Kier molecular flexibility index (Phi) is 4.63. The van der Waals surface area contributed by atoms with Crippen molar-refractivity contribution in [1.29, 1.82) is 0 Å². The van der Waals surface area contributed by atoms with Gasteiger partial charge in [-0.05, 0) is 18.6 Å². The number of hydrogen-bond acceptors (Lipinski definition) is 5. The molecule has 1 aliphatic rings. The molecule has 25 heavy (non-hydrogen) atoms. The average molecular weight is 338 g/mol. The van der Waals surface area contributed by atoms with Crippen molar-refractivity contribution in [1.82, 2.24) is 20.1 Å². The Morgan fingerprint density at radius 3 is 3.08 bits per heavy atom. The van der Waals surface area contributed by atoms with Crippen LogP contribution in [0.3, 0.4) is 0 Å². The molecule has 0 spiro atoms. The van der Waals surface area contributed by atoms with Gasteiger partial charge in [0.15, 0.2) is 5.75 Å². The van der Waals surface area contributed by atoms with Crippen LogP contribution in [0.15, 0.2) is 48.9 Å². The molecule has 3 heterocycles. The van der Waals surface area contributed by atoms with E-state index in [-0.39, 0.29) is 12.1 Å². The summed E-state index contributed by atoms with van der Waals surface area (Å²) in [5.74, 6) is 0.788. The molecule has 6 nitrogen and oxygen atoms in total. The molecule has 130 valence electrons. The molecule has 1 fully saturated rings. The molecule has 1 N–H and O–H groups in total. The van der Waals surface area contributed by atoms with E-state index < -0.39 is 0 Å². The Hall–Kier alpha value is -2.44. The molecule has 0 saturated carbocycles. The zero-order chi connectivity index (χ0) is 17.1. The summed E-state index contributed by atoms with van der Waals surface area (Å²) in [4.78, 5) is 4.51. The molecule has 0 aliphatic carbocycles. The molecule has 0 bridgehead atoms. The Morgan fingerprint density at radius 1 is 1.28 bits per heavy atom. The summed E-state index contributed by atoms with van der Waals surface area (Å²) in [6, 6.07) is 10.5. The first-order valence-corrected chi connectivity index (χ1v) is 8.66. The van der Waals surface area contributed by atoms with E-state index in [0.29, 0.717) is 13.2 Å². The van der Waals surface area contributed by atoms with Gasteiger partial charge in [-0.1, -0.05) is 24.3 Å². The zero-order valence-corrected chi connectivity index (χ0v) is 14.3. The van der Waals surface area contributed by atoms with Crippen molar-refractivity contribution in [3.05, 3.63) is 54.5 Å². The van der Waals surface area contributed by atoms with Gasteiger partial charge in [0.25, 0.3) is 0 Å². The molecule has 3 aromatic rings. The Labute approximate surface area is 146 Å². The van der Waals surface area contributed by atoms with E-state index in [2.05, 4.69) is 46.6 Å². The van der Waals surface area contributed by atoms with Gasteiger partial charge in [-0.2, -0.15) is 5.10 Å². The number of aromatic nitrogens is 3. The van der Waals surface area contributed by atoms with Crippen LogP contribution in [0, 0.1) is 0 Å². The highest BCUT2D eigenvalue weighted by molar-refractivity contribution is 5.81. The van der Waals surface area contributed by atoms with E-state index in [1.165, 1.54) is 5.56 Å². The second kappa shape index (κ2) is 7.21. The number of nitrogens with one attached hydrogen (secondary N) is 1. The van der Waals surface area contributed by atoms with Crippen molar-refractivity contribution in [2.45, 2.75) is 32.2 Å². The van der Waals surface area contributed by atoms with Crippen LogP contribution in [-0.4, -0.2) is 40.1 Å². The fraction of sp³-hybridized carbons (Fsp3) is 0.368. The Bertz CT molecular complexity index is 843. The highest BCUT2D eigenvalue weighted by atomic mass is 16.5. The minimum absolute atomic E-state index is 0.0163. The lowest BCUT2D eigenvalue weighted by Crippen LogP contribution is -2.41. The number of hydrogen-bond donors (Lipinski definition) is 1. The van der Waals surface area contributed by atoms with Crippen molar-refractivity contribution in [2.75, 3.05) is 13.2 Å². The molecular formula is C19H22N4O2. The first-order chi connectivity index (χ1) is 12.3. The van der Waals surface area contributed by atoms with Crippen molar-refractivity contribution >= 4 is 10.9 Å². The van der Waals surface area contributed by atoms with Crippen LogP contribution in [0.1, 0.15) is 12.5 Å². The number of rotatable bonds is 6. The van der Waals surface area contributed by atoms with Crippen LogP contribution in [0.4, 0.5) is 0 Å². The molecule has 1 aromatic carbocycles. The van der Waals surface area contributed by atoms with Gasteiger partial charge in [0.05, 0.1) is 37.2 Å². The van der Waals surface area contributed by atoms with Crippen LogP contribution < -0.4 is 10.1 Å². The summed E-state index contributed by atoms with van der Waals surface area (Å²) in [7, 11) is 0. The van der Waals surface area contributed by atoms with Gasteiger partial charge in [-0.3, -0.25) is 9.67 Å². The maximum absolute atomic E-state index is 6.06. The first kappa shape index (κ1) is 16.1. The highest BCUT2D eigenvalue weighted by Crippen LogP contribution is 2.19. The van der Waals surface area contributed by atoms with Gasteiger partial charge in [-0.25, -0.2) is 0 Å².